The molecule has 0 fully saturated rings. The SMILES string of the molecule is COc1ccc(C(=O)Nc2ccc(C)cn2)cc1Br. The van der Waals surface area contributed by atoms with E-state index in [1.165, 1.54) is 0 Å². The van der Waals surface area contributed by atoms with Crippen LogP contribution in [-0.2, 0) is 0 Å². The highest BCUT2D eigenvalue weighted by Gasteiger charge is 2.09. The van der Waals surface area contributed by atoms with Crippen LogP contribution in [0.3, 0.4) is 0 Å². The van der Waals surface area contributed by atoms with Crippen LogP contribution in [0.25, 0.3) is 0 Å². The Kier molecular flexibility index (Phi) is 4.16. The number of pyridine rings is 1. The first-order chi connectivity index (χ1) is 9.10. The molecule has 98 valence electrons. The summed E-state index contributed by atoms with van der Waals surface area (Å²) < 4.78 is 5.86. The number of halogens is 1. The van der Waals surface area contributed by atoms with E-state index in [1.807, 2.05) is 13.0 Å². The third-order valence-electron chi connectivity index (χ3n) is 2.57. The van der Waals surface area contributed by atoms with Gasteiger partial charge in [-0.3, -0.25) is 4.79 Å². The monoisotopic (exact) mass is 320 g/mol. The zero-order valence-corrected chi connectivity index (χ0v) is 12.2. The number of nitrogens with zero attached hydrogens (tertiary/aromatic N) is 1. The molecule has 0 atom stereocenters. The lowest BCUT2D eigenvalue weighted by Gasteiger charge is -2.07. The molecule has 1 N–H and O–H groups in total. The molecule has 0 radical (unpaired) electrons. The molecule has 19 heavy (non-hydrogen) atoms. The van der Waals surface area contributed by atoms with E-state index < -0.39 is 0 Å². The van der Waals surface area contributed by atoms with Crippen LogP contribution < -0.4 is 10.1 Å². The molecule has 4 nitrogen and oxygen atoms in total. The molecule has 1 amide bonds. The van der Waals surface area contributed by atoms with Gasteiger partial charge in [-0.1, -0.05) is 6.07 Å². The molecule has 0 spiro atoms. The lowest BCUT2D eigenvalue weighted by molar-refractivity contribution is 0.102. The van der Waals surface area contributed by atoms with Crippen molar-refractivity contribution < 1.29 is 9.53 Å². The Morgan fingerprint density at radius 2 is 2.11 bits per heavy atom. The number of anilines is 1. The van der Waals surface area contributed by atoms with Gasteiger partial charge in [0.05, 0.1) is 11.6 Å². The maximum absolute atomic E-state index is 12.0. The molecule has 0 aliphatic rings. The predicted molar refractivity (Wildman–Crippen MR) is 77.6 cm³/mol. The van der Waals surface area contributed by atoms with Crippen molar-refractivity contribution in [2.24, 2.45) is 0 Å². The van der Waals surface area contributed by atoms with Crippen LogP contribution >= 0.6 is 15.9 Å². The number of carbonyl (C=O) groups excluding carboxylic acids is 1. The first-order valence-corrected chi connectivity index (χ1v) is 6.47. The van der Waals surface area contributed by atoms with E-state index >= 15 is 0 Å². The third kappa shape index (κ3) is 3.32. The largest absolute Gasteiger partial charge is 0.496 e. The molecule has 2 aromatic rings. The van der Waals surface area contributed by atoms with Gasteiger partial charge in [0.2, 0.25) is 0 Å². The number of aromatic nitrogens is 1. The van der Waals surface area contributed by atoms with Gasteiger partial charge in [-0.25, -0.2) is 4.98 Å². The highest BCUT2D eigenvalue weighted by molar-refractivity contribution is 9.10. The molecule has 0 unspecified atom stereocenters. The number of ether oxygens (including phenoxy) is 1. The van der Waals surface area contributed by atoms with Crippen molar-refractivity contribution >= 4 is 27.7 Å². The topological polar surface area (TPSA) is 51.2 Å². The van der Waals surface area contributed by atoms with Crippen LogP contribution in [0.1, 0.15) is 15.9 Å². The average molecular weight is 321 g/mol. The quantitative estimate of drug-likeness (QED) is 0.942. The van der Waals surface area contributed by atoms with Crippen LogP contribution in [0.2, 0.25) is 0 Å². The molecule has 0 aliphatic carbocycles. The van der Waals surface area contributed by atoms with Crippen molar-refractivity contribution in [1.29, 1.82) is 0 Å². The van der Waals surface area contributed by atoms with Crippen LogP contribution in [0, 0.1) is 6.92 Å². The van der Waals surface area contributed by atoms with Crippen molar-refractivity contribution in [3.8, 4) is 5.75 Å². The fourth-order valence-electron chi connectivity index (χ4n) is 1.54. The highest BCUT2D eigenvalue weighted by Crippen LogP contribution is 2.25. The predicted octanol–water partition coefficient (Wildman–Crippen LogP) is 3.41. The van der Waals surface area contributed by atoms with E-state index in [1.54, 1.807) is 37.6 Å². The molecule has 0 saturated heterocycles. The number of aryl methyl sites for hydroxylation is 1. The third-order valence-corrected chi connectivity index (χ3v) is 3.19. The number of carbonyl (C=O) groups is 1. The summed E-state index contributed by atoms with van der Waals surface area (Å²) in [5, 5.41) is 2.74. The van der Waals surface area contributed by atoms with E-state index in [0.29, 0.717) is 17.1 Å². The number of hydrogen-bond donors (Lipinski definition) is 1. The minimum absolute atomic E-state index is 0.209. The molecule has 5 heteroatoms. The van der Waals surface area contributed by atoms with Crippen molar-refractivity contribution in [3.05, 3.63) is 52.1 Å². The average Bonchev–Trinajstić information content (AvgIpc) is 2.41. The van der Waals surface area contributed by atoms with E-state index in [0.717, 1.165) is 10.0 Å². The second-order valence-electron chi connectivity index (χ2n) is 4.02. The van der Waals surface area contributed by atoms with Gasteiger partial charge in [-0.05, 0) is 52.7 Å². The number of methoxy groups -OCH3 is 1. The van der Waals surface area contributed by atoms with Crippen molar-refractivity contribution in [2.75, 3.05) is 12.4 Å². The second-order valence-corrected chi connectivity index (χ2v) is 4.88. The van der Waals surface area contributed by atoms with Crippen LogP contribution in [-0.4, -0.2) is 18.0 Å². The second kappa shape index (κ2) is 5.84. The summed E-state index contributed by atoms with van der Waals surface area (Å²) in [5.41, 5.74) is 1.58. The van der Waals surface area contributed by atoms with Gasteiger partial charge in [0, 0.05) is 11.8 Å². The van der Waals surface area contributed by atoms with Gasteiger partial charge < -0.3 is 10.1 Å². The summed E-state index contributed by atoms with van der Waals surface area (Å²) in [6, 6.07) is 8.81. The summed E-state index contributed by atoms with van der Waals surface area (Å²) >= 11 is 3.35. The summed E-state index contributed by atoms with van der Waals surface area (Å²) in [5.74, 6) is 1.01. The zero-order chi connectivity index (χ0) is 13.8. The van der Waals surface area contributed by atoms with Gasteiger partial charge in [0.1, 0.15) is 11.6 Å². The Labute approximate surface area is 119 Å². The van der Waals surface area contributed by atoms with Crippen molar-refractivity contribution in [3.63, 3.8) is 0 Å². The summed E-state index contributed by atoms with van der Waals surface area (Å²) in [6.07, 6.45) is 1.71. The fraction of sp³-hybridized carbons (Fsp3) is 0.143. The highest BCUT2D eigenvalue weighted by atomic mass is 79.9. The van der Waals surface area contributed by atoms with Gasteiger partial charge in [-0.2, -0.15) is 0 Å². The molecule has 0 bridgehead atoms. The Morgan fingerprint density at radius 3 is 2.68 bits per heavy atom. The lowest BCUT2D eigenvalue weighted by atomic mass is 10.2. The van der Waals surface area contributed by atoms with Crippen LogP contribution in [0.5, 0.6) is 5.75 Å². The van der Waals surface area contributed by atoms with Gasteiger partial charge >= 0.3 is 0 Å². The van der Waals surface area contributed by atoms with Gasteiger partial charge in [0.25, 0.3) is 5.91 Å². The van der Waals surface area contributed by atoms with E-state index in [9.17, 15) is 4.79 Å². The number of rotatable bonds is 3. The number of amides is 1. The summed E-state index contributed by atoms with van der Waals surface area (Å²) in [7, 11) is 1.58. The molecule has 1 aromatic carbocycles. The van der Waals surface area contributed by atoms with E-state index in [4.69, 9.17) is 4.74 Å². The van der Waals surface area contributed by atoms with Crippen molar-refractivity contribution in [1.82, 2.24) is 4.98 Å². The maximum atomic E-state index is 12.0. The molecular formula is C14H13BrN2O2. The minimum Gasteiger partial charge on any atom is -0.496 e. The smallest absolute Gasteiger partial charge is 0.256 e. The van der Waals surface area contributed by atoms with Gasteiger partial charge in [0.15, 0.2) is 0 Å². The Bertz CT molecular complexity index is 597. The molecule has 0 saturated carbocycles. The van der Waals surface area contributed by atoms with E-state index in [-0.39, 0.29) is 5.91 Å². The van der Waals surface area contributed by atoms with E-state index in [2.05, 4.69) is 26.2 Å². The maximum Gasteiger partial charge on any atom is 0.256 e. The molecule has 2 rings (SSSR count). The summed E-state index contributed by atoms with van der Waals surface area (Å²) in [4.78, 5) is 16.2. The Morgan fingerprint density at radius 1 is 1.32 bits per heavy atom. The number of nitrogens with one attached hydrogen (secondary N) is 1. The molecular weight excluding hydrogens is 308 g/mol. The Hall–Kier alpha value is -1.88. The van der Waals surface area contributed by atoms with Crippen molar-refractivity contribution in [2.45, 2.75) is 6.92 Å². The number of hydrogen-bond acceptors (Lipinski definition) is 3. The van der Waals surface area contributed by atoms with Crippen LogP contribution in [0.4, 0.5) is 5.82 Å². The minimum atomic E-state index is -0.209. The molecule has 1 heterocycles. The number of benzene rings is 1. The fourth-order valence-corrected chi connectivity index (χ4v) is 2.08. The first-order valence-electron chi connectivity index (χ1n) is 5.67. The lowest BCUT2D eigenvalue weighted by Crippen LogP contribution is -2.12. The Balaban J connectivity index is 2.16. The van der Waals surface area contributed by atoms with Crippen LogP contribution in [0.15, 0.2) is 41.0 Å². The first kappa shape index (κ1) is 13.5. The van der Waals surface area contributed by atoms with Gasteiger partial charge in [-0.15, -0.1) is 0 Å². The standard InChI is InChI=1S/C14H13BrN2O2/c1-9-3-6-13(16-8-9)17-14(18)10-4-5-12(19-2)11(15)7-10/h3-8H,1-2H3,(H,16,17,18). The normalized spacial score (nSPS) is 10.1. The summed E-state index contributed by atoms with van der Waals surface area (Å²) in [6.45, 7) is 1.94. The molecule has 1 aromatic heterocycles. The molecule has 0 aliphatic heterocycles. The zero-order valence-electron chi connectivity index (χ0n) is 10.6.